The first-order valence-corrected chi connectivity index (χ1v) is 6.06. The van der Waals surface area contributed by atoms with Gasteiger partial charge in [-0.2, -0.15) is 0 Å². The molecule has 94 valence electrons. The third-order valence-electron chi connectivity index (χ3n) is 3.31. The van der Waals surface area contributed by atoms with E-state index in [1.807, 2.05) is 6.07 Å². The van der Waals surface area contributed by atoms with Gasteiger partial charge in [0.2, 0.25) is 0 Å². The molecule has 1 fully saturated rings. The van der Waals surface area contributed by atoms with Crippen LogP contribution in [0, 0.1) is 0 Å². The van der Waals surface area contributed by atoms with Crippen molar-refractivity contribution in [2.24, 2.45) is 0 Å². The molecule has 5 nitrogen and oxygen atoms in total. The summed E-state index contributed by atoms with van der Waals surface area (Å²) >= 11 is 0. The quantitative estimate of drug-likeness (QED) is 0.790. The van der Waals surface area contributed by atoms with Crippen molar-refractivity contribution >= 4 is 5.82 Å². The minimum absolute atomic E-state index is 0.483. The average Bonchev–Trinajstić information content (AvgIpc) is 2.39. The van der Waals surface area contributed by atoms with Crippen LogP contribution in [-0.2, 0) is 0 Å². The molecule has 1 aromatic heterocycles. The molecule has 5 heteroatoms. The molecule has 1 unspecified atom stereocenters. The van der Waals surface area contributed by atoms with E-state index in [9.17, 15) is 5.11 Å². The van der Waals surface area contributed by atoms with E-state index in [1.165, 1.54) is 0 Å². The summed E-state index contributed by atoms with van der Waals surface area (Å²) in [6.07, 6.45) is 1.08. The summed E-state index contributed by atoms with van der Waals surface area (Å²) in [4.78, 5) is 8.46. The Morgan fingerprint density at radius 3 is 2.59 bits per heavy atom. The first-order chi connectivity index (χ1) is 8.20. The number of nitrogen functional groups attached to an aromatic ring is 1. The van der Waals surface area contributed by atoms with Gasteiger partial charge in [0.15, 0.2) is 0 Å². The Hall–Kier alpha value is -1.17. The van der Waals surface area contributed by atoms with E-state index in [2.05, 4.69) is 21.7 Å². The van der Waals surface area contributed by atoms with Crippen LogP contribution in [0.5, 0.6) is 0 Å². The van der Waals surface area contributed by atoms with E-state index >= 15 is 0 Å². The van der Waals surface area contributed by atoms with Gasteiger partial charge in [-0.15, -0.1) is 0 Å². The minimum Gasteiger partial charge on any atom is -0.384 e. The van der Waals surface area contributed by atoms with Crippen molar-refractivity contribution in [2.45, 2.75) is 13.2 Å². The van der Waals surface area contributed by atoms with Crippen molar-refractivity contribution in [3.8, 4) is 0 Å². The van der Waals surface area contributed by atoms with Crippen molar-refractivity contribution in [1.82, 2.24) is 14.8 Å². The molecule has 3 N–H and O–H groups in total. The van der Waals surface area contributed by atoms with Crippen LogP contribution in [0.1, 0.15) is 18.7 Å². The molecular formula is C12H20N4O. The summed E-state index contributed by atoms with van der Waals surface area (Å²) in [6, 6.07) is 3.56. The highest BCUT2D eigenvalue weighted by molar-refractivity contribution is 5.29. The van der Waals surface area contributed by atoms with E-state index in [-0.39, 0.29) is 0 Å². The summed E-state index contributed by atoms with van der Waals surface area (Å²) in [6.45, 7) is 7.04. The second-order valence-corrected chi connectivity index (χ2v) is 4.36. The number of nitrogens with zero attached hydrogens (tertiary/aromatic N) is 3. The van der Waals surface area contributed by atoms with Gasteiger partial charge in [0.05, 0.1) is 0 Å². The maximum Gasteiger partial charge on any atom is 0.135 e. The molecule has 0 saturated carbocycles. The summed E-state index contributed by atoms with van der Waals surface area (Å²) in [5.41, 5.74) is 6.34. The van der Waals surface area contributed by atoms with Gasteiger partial charge in [0.1, 0.15) is 12.0 Å². The zero-order valence-electron chi connectivity index (χ0n) is 10.2. The number of hydrogen-bond acceptors (Lipinski definition) is 5. The van der Waals surface area contributed by atoms with Gasteiger partial charge >= 0.3 is 0 Å². The summed E-state index contributed by atoms with van der Waals surface area (Å²) in [5.74, 6) is 0.483. The molecule has 0 aliphatic carbocycles. The lowest BCUT2D eigenvalue weighted by molar-refractivity contribution is -0.0265. The second-order valence-electron chi connectivity index (χ2n) is 4.36. The molecule has 0 radical (unpaired) electrons. The predicted molar refractivity (Wildman–Crippen MR) is 67.3 cm³/mol. The van der Waals surface area contributed by atoms with E-state index in [0.29, 0.717) is 5.82 Å². The summed E-state index contributed by atoms with van der Waals surface area (Å²) < 4.78 is 0. The Bertz CT molecular complexity index is 346. The SMILES string of the molecule is CCN1CCN(C(O)c2ccc(N)nc2)CC1. The number of likely N-dealkylation sites (N-methyl/N-ethyl adjacent to an activating group) is 1. The Balaban J connectivity index is 1.96. The van der Waals surface area contributed by atoms with Crippen LogP contribution >= 0.6 is 0 Å². The fraction of sp³-hybridized carbons (Fsp3) is 0.583. The van der Waals surface area contributed by atoms with Crippen LogP contribution in [0.25, 0.3) is 0 Å². The molecule has 1 aliphatic rings. The lowest BCUT2D eigenvalue weighted by Gasteiger charge is -2.36. The minimum atomic E-state index is -0.567. The molecule has 1 saturated heterocycles. The first-order valence-electron chi connectivity index (χ1n) is 6.06. The summed E-state index contributed by atoms with van der Waals surface area (Å²) in [7, 11) is 0. The molecule has 1 aromatic rings. The van der Waals surface area contributed by atoms with Crippen molar-refractivity contribution in [3.05, 3.63) is 23.9 Å². The third-order valence-corrected chi connectivity index (χ3v) is 3.31. The highest BCUT2D eigenvalue weighted by Gasteiger charge is 2.22. The van der Waals surface area contributed by atoms with Gasteiger partial charge in [-0.1, -0.05) is 6.92 Å². The van der Waals surface area contributed by atoms with Crippen molar-refractivity contribution in [3.63, 3.8) is 0 Å². The topological polar surface area (TPSA) is 65.6 Å². The molecule has 0 amide bonds. The van der Waals surface area contributed by atoms with Crippen molar-refractivity contribution in [1.29, 1.82) is 0 Å². The number of aromatic nitrogens is 1. The van der Waals surface area contributed by atoms with Crippen LogP contribution in [-0.4, -0.2) is 52.6 Å². The van der Waals surface area contributed by atoms with Gasteiger partial charge in [0.25, 0.3) is 0 Å². The third kappa shape index (κ3) is 2.94. The van der Waals surface area contributed by atoms with Gasteiger partial charge in [0, 0.05) is 37.9 Å². The second kappa shape index (κ2) is 5.44. The lowest BCUT2D eigenvalue weighted by atomic mass is 10.2. The normalized spacial score (nSPS) is 20.4. The van der Waals surface area contributed by atoms with Gasteiger partial charge in [-0.3, -0.25) is 4.90 Å². The summed E-state index contributed by atoms with van der Waals surface area (Å²) in [5, 5.41) is 10.2. The Morgan fingerprint density at radius 1 is 1.35 bits per heavy atom. The molecule has 2 heterocycles. The fourth-order valence-corrected chi connectivity index (χ4v) is 2.10. The largest absolute Gasteiger partial charge is 0.384 e. The number of rotatable bonds is 3. The van der Waals surface area contributed by atoms with Gasteiger partial charge in [-0.25, -0.2) is 4.98 Å². The number of pyridine rings is 1. The van der Waals surface area contributed by atoms with Crippen molar-refractivity contribution < 1.29 is 5.11 Å². The molecule has 0 bridgehead atoms. The van der Waals surface area contributed by atoms with E-state index in [0.717, 1.165) is 38.3 Å². The number of aliphatic hydroxyl groups is 1. The first kappa shape index (κ1) is 12.3. The molecule has 1 atom stereocenters. The smallest absolute Gasteiger partial charge is 0.135 e. The number of nitrogens with two attached hydrogens (primary N) is 1. The molecule has 17 heavy (non-hydrogen) atoms. The van der Waals surface area contributed by atoms with Crippen molar-refractivity contribution in [2.75, 3.05) is 38.5 Å². The Labute approximate surface area is 102 Å². The van der Waals surface area contributed by atoms with Gasteiger partial charge in [-0.05, 0) is 18.7 Å². The Morgan fingerprint density at radius 2 is 2.06 bits per heavy atom. The number of hydrogen-bond donors (Lipinski definition) is 2. The molecule has 0 aromatic carbocycles. The average molecular weight is 236 g/mol. The van der Waals surface area contributed by atoms with Crippen LogP contribution < -0.4 is 5.73 Å². The predicted octanol–water partition coefficient (Wildman–Crippen LogP) is 0.292. The number of piperazine rings is 1. The van der Waals surface area contributed by atoms with Crippen LogP contribution in [0.4, 0.5) is 5.82 Å². The van der Waals surface area contributed by atoms with Crippen LogP contribution in [0.3, 0.4) is 0 Å². The van der Waals surface area contributed by atoms with E-state index in [4.69, 9.17) is 5.73 Å². The zero-order valence-corrected chi connectivity index (χ0v) is 10.2. The van der Waals surface area contributed by atoms with Crippen LogP contribution in [0.15, 0.2) is 18.3 Å². The standard InChI is InChI=1S/C12H20N4O/c1-2-15-5-7-16(8-6-15)12(17)10-3-4-11(13)14-9-10/h3-4,9,12,17H,2,5-8H2,1H3,(H2,13,14). The Kier molecular flexibility index (Phi) is 3.93. The number of aliphatic hydroxyl groups excluding tert-OH is 1. The lowest BCUT2D eigenvalue weighted by Crippen LogP contribution is -2.47. The van der Waals surface area contributed by atoms with E-state index < -0.39 is 6.23 Å². The monoisotopic (exact) mass is 236 g/mol. The maximum atomic E-state index is 10.2. The fourth-order valence-electron chi connectivity index (χ4n) is 2.10. The molecule has 1 aliphatic heterocycles. The van der Waals surface area contributed by atoms with Gasteiger partial charge < -0.3 is 15.7 Å². The number of anilines is 1. The van der Waals surface area contributed by atoms with Crippen LogP contribution in [0.2, 0.25) is 0 Å². The molecular weight excluding hydrogens is 216 g/mol. The van der Waals surface area contributed by atoms with E-state index in [1.54, 1.807) is 12.3 Å². The zero-order chi connectivity index (χ0) is 12.3. The molecule has 0 spiro atoms. The molecule has 2 rings (SSSR count). The highest BCUT2D eigenvalue weighted by atomic mass is 16.3. The maximum absolute atomic E-state index is 10.2. The highest BCUT2D eigenvalue weighted by Crippen LogP contribution is 2.19.